The number of nitrogens with one attached hydrogen (secondary N) is 1. The minimum absolute atomic E-state index is 0.0712. The van der Waals surface area contributed by atoms with Gasteiger partial charge in [0.15, 0.2) is 0 Å². The van der Waals surface area contributed by atoms with E-state index in [2.05, 4.69) is 34.3 Å². The van der Waals surface area contributed by atoms with Gasteiger partial charge in [-0.05, 0) is 36.1 Å². The Morgan fingerprint density at radius 3 is 2.60 bits per heavy atom. The third-order valence-corrected chi connectivity index (χ3v) is 7.46. The van der Waals surface area contributed by atoms with Crippen LogP contribution in [-0.4, -0.2) is 35.5 Å². The Hall–Kier alpha value is -4.38. The van der Waals surface area contributed by atoms with Crippen molar-refractivity contribution in [2.75, 3.05) is 5.32 Å². The maximum absolute atomic E-state index is 13.8. The molecule has 0 aliphatic carbocycles. The van der Waals surface area contributed by atoms with E-state index in [0.29, 0.717) is 45.3 Å². The highest BCUT2D eigenvalue weighted by atomic mass is 35.5. The number of rotatable bonds is 11. The van der Waals surface area contributed by atoms with E-state index in [1.807, 2.05) is 19.2 Å². The third kappa shape index (κ3) is 5.82. The second kappa shape index (κ2) is 12.2. The normalized spacial score (nSPS) is 12.4. The number of carbonyl (C=O) groups is 1. The summed E-state index contributed by atoms with van der Waals surface area (Å²) in [6, 6.07) is 11.7. The lowest BCUT2D eigenvalue weighted by molar-refractivity contribution is -0.105. The van der Waals surface area contributed by atoms with Crippen molar-refractivity contribution in [1.29, 1.82) is 0 Å². The number of anilines is 1. The molecule has 0 aliphatic rings. The molecule has 42 heavy (non-hydrogen) atoms. The van der Waals surface area contributed by atoms with Crippen molar-refractivity contribution >= 4 is 34.6 Å². The van der Waals surface area contributed by atoms with Gasteiger partial charge >= 0.3 is 6.55 Å². The Balaban J connectivity index is 1.59. The molecule has 2 aromatic carbocycles. The summed E-state index contributed by atoms with van der Waals surface area (Å²) in [5.74, 6) is 0.468. The largest absolute Gasteiger partial charge is 0.333 e. The van der Waals surface area contributed by atoms with E-state index < -0.39 is 12.6 Å². The summed E-state index contributed by atoms with van der Waals surface area (Å²) in [7, 11) is 1.81. The van der Waals surface area contributed by atoms with E-state index in [4.69, 9.17) is 11.6 Å². The molecular formula is C30H30ClF2N7O2. The molecule has 0 aliphatic heterocycles. The fraction of sp³-hybridized carbons (Fsp3) is 0.300. The second-order valence-electron chi connectivity index (χ2n) is 10.5. The number of amides is 1. The molecule has 0 saturated carbocycles. The van der Waals surface area contributed by atoms with Crippen LogP contribution in [0.15, 0.2) is 66.0 Å². The summed E-state index contributed by atoms with van der Waals surface area (Å²) in [4.78, 5) is 29.5. The fourth-order valence-electron chi connectivity index (χ4n) is 5.32. The van der Waals surface area contributed by atoms with Crippen LogP contribution in [0.2, 0.25) is 5.02 Å². The molecule has 3 aromatic heterocycles. The zero-order valence-corrected chi connectivity index (χ0v) is 24.1. The van der Waals surface area contributed by atoms with Crippen LogP contribution in [0.5, 0.6) is 0 Å². The van der Waals surface area contributed by atoms with E-state index in [1.54, 1.807) is 39.7 Å². The van der Waals surface area contributed by atoms with Crippen molar-refractivity contribution in [3.63, 3.8) is 0 Å². The van der Waals surface area contributed by atoms with Crippen LogP contribution >= 0.6 is 11.6 Å². The van der Waals surface area contributed by atoms with E-state index in [9.17, 15) is 18.4 Å². The highest BCUT2D eigenvalue weighted by Crippen LogP contribution is 2.35. The molecule has 9 nitrogen and oxygen atoms in total. The number of benzene rings is 2. The lowest BCUT2D eigenvalue weighted by Gasteiger charge is -2.22. The molecule has 1 unspecified atom stereocenters. The second-order valence-corrected chi connectivity index (χ2v) is 11.0. The Kier molecular flexibility index (Phi) is 8.49. The van der Waals surface area contributed by atoms with Gasteiger partial charge in [-0.1, -0.05) is 56.5 Å². The van der Waals surface area contributed by atoms with Crippen molar-refractivity contribution in [3.05, 3.63) is 82.1 Å². The monoisotopic (exact) mass is 593 g/mol. The van der Waals surface area contributed by atoms with Gasteiger partial charge in [0, 0.05) is 34.6 Å². The average Bonchev–Trinajstić information content (AvgIpc) is 3.54. The highest BCUT2D eigenvalue weighted by Gasteiger charge is 2.22. The van der Waals surface area contributed by atoms with E-state index in [0.717, 1.165) is 29.3 Å². The molecule has 0 saturated heterocycles. The zero-order chi connectivity index (χ0) is 30.0. The van der Waals surface area contributed by atoms with E-state index in [1.165, 1.54) is 18.6 Å². The molecule has 0 bridgehead atoms. The van der Waals surface area contributed by atoms with Crippen LogP contribution in [-0.2, 0) is 11.8 Å². The summed E-state index contributed by atoms with van der Waals surface area (Å²) in [6.45, 7) is 1.36. The standard InChI is InChI=1S/C30H30ClF2N7O2/c1-18(2)6-4-9-26(19-7-5-8-20(10-19)29-25(35-17-41)15-37-40(29)30(32)33)39-16-34-24(13-27(39)42)23-12-22(31)11-21-14-36-38(3)28(21)23/h5,7-8,10-18,26,30H,4,6,9H2,1-3H3,(H,35,41). The molecule has 1 atom stereocenters. The van der Waals surface area contributed by atoms with Crippen LogP contribution in [0.1, 0.15) is 51.3 Å². The molecule has 0 radical (unpaired) electrons. The molecular weight excluding hydrogens is 564 g/mol. The predicted octanol–water partition coefficient (Wildman–Crippen LogP) is 6.69. The van der Waals surface area contributed by atoms with Gasteiger partial charge in [-0.2, -0.15) is 19.0 Å². The first kappa shape index (κ1) is 29.1. The molecule has 0 spiro atoms. The topological polar surface area (TPSA) is 99.6 Å². The minimum atomic E-state index is -2.91. The molecule has 3 heterocycles. The van der Waals surface area contributed by atoms with Crippen LogP contribution in [0.4, 0.5) is 14.5 Å². The number of aryl methyl sites for hydroxylation is 1. The fourth-order valence-corrected chi connectivity index (χ4v) is 5.55. The van der Waals surface area contributed by atoms with Gasteiger partial charge in [0.05, 0.1) is 47.4 Å². The Morgan fingerprint density at radius 2 is 1.88 bits per heavy atom. The Morgan fingerprint density at radius 1 is 1.07 bits per heavy atom. The quantitative estimate of drug-likeness (QED) is 0.172. The number of fused-ring (bicyclic) bond motifs is 1. The highest BCUT2D eigenvalue weighted by molar-refractivity contribution is 6.31. The average molecular weight is 594 g/mol. The smallest absolute Gasteiger partial charge is 0.326 e. The first-order valence-electron chi connectivity index (χ1n) is 13.5. The van der Waals surface area contributed by atoms with E-state index in [-0.39, 0.29) is 16.9 Å². The summed E-state index contributed by atoms with van der Waals surface area (Å²) in [6.07, 6.45) is 7.24. The third-order valence-electron chi connectivity index (χ3n) is 7.24. The van der Waals surface area contributed by atoms with E-state index >= 15 is 0 Å². The molecule has 1 amide bonds. The lowest BCUT2D eigenvalue weighted by Crippen LogP contribution is -2.25. The zero-order valence-electron chi connectivity index (χ0n) is 23.3. The van der Waals surface area contributed by atoms with Gasteiger partial charge in [-0.15, -0.1) is 0 Å². The van der Waals surface area contributed by atoms with Gasteiger partial charge in [-0.3, -0.25) is 18.8 Å². The van der Waals surface area contributed by atoms with Gasteiger partial charge in [0.25, 0.3) is 5.56 Å². The van der Waals surface area contributed by atoms with Crippen molar-refractivity contribution < 1.29 is 13.6 Å². The van der Waals surface area contributed by atoms with Crippen LogP contribution in [0, 0.1) is 5.92 Å². The number of hydrogen-bond donors (Lipinski definition) is 1. The van der Waals surface area contributed by atoms with Gasteiger partial charge < -0.3 is 5.32 Å². The number of carbonyl (C=O) groups excluding carboxylic acids is 1. The minimum Gasteiger partial charge on any atom is -0.326 e. The maximum atomic E-state index is 13.8. The Bertz CT molecular complexity index is 1790. The molecule has 5 rings (SSSR count). The molecule has 12 heteroatoms. The van der Waals surface area contributed by atoms with Crippen LogP contribution < -0.4 is 10.9 Å². The summed E-state index contributed by atoms with van der Waals surface area (Å²) in [5.41, 5.74) is 3.09. The number of alkyl halides is 2. The molecule has 0 fully saturated rings. The number of aromatic nitrogens is 6. The van der Waals surface area contributed by atoms with Gasteiger partial charge in [-0.25, -0.2) is 9.67 Å². The van der Waals surface area contributed by atoms with Crippen molar-refractivity contribution in [2.24, 2.45) is 13.0 Å². The summed E-state index contributed by atoms with van der Waals surface area (Å²) < 4.78 is 31.5. The lowest BCUT2D eigenvalue weighted by atomic mass is 9.95. The molecule has 218 valence electrons. The van der Waals surface area contributed by atoms with Crippen LogP contribution in [0.25, 0.3) is 33.4 Å². The predicted molar refractivity (Wildman–Crippen MR) is 159 cm³/mol. The molecule has 1 N–H and O–H groups in total. The van der Waals surface area contributed by atoms with Crippen LogP contribution in [0.3, 0.4) is 0 Å². The summed E-state index contributed by atoms with van der Waals surface area (Å²) >= 11 is 6.36. The maximum Gasteiger partial charge on any atom is 0.333 e. The first-order chi connectivity index (χ1) is 20.2. The van der Waals surface area contributed by atoms with Gasteiger partial charge in [0.1, 0.15) is 0 Å². The van der Waals surface area contributed by atoms with Crippen molar-refractivity contribution in [2.45, 2.75) is 45.7 Å². The number of hydrogen-bond acceptors (Lipinski definition) is 5. The number of halogens is 3. The number of nitrogens with zero attached hydrogens (tertiary/aromatic N) is 6. The van der Waals surface area contributed by atoms with Crippen molar-refractivity contribution in [1.82, 2.24) is 29.1 Å². The van der Waals surface area contributed by atoms with Crippen molar-refractivity contribution in [3.8, 4) is 22.5 Å². The Labute approximate surface area is 245 Å². The first-order valence-corrected chi connectivity index (χ1v) is 13.9. The summed E-state index contributed by atoms with van der Waals surface area (Å²) in [5, 5.41) is 11.9. The SMILES string of the molecule is CC(C)CCCC(c1cccc(-c2c(NC=O)cnn2C(F)F)c1)n1cnc(-c2cc(Cl)cc3cnn(C)c23)cc1=O. The molecule has 5 aromatic rings. The van der Waals surface area contributed by atoms with Gasteiger partial charge in [0.2, 0.25) is 6.41 Å².